The van der Waals surface area contributed by atoms with Crippen molar-refractivity contribution in [1.29, 1.82) is 0 Å². The van der Waals surface area contributed by atoms with Crippen LogP contribution in [0.15, 0.2) is 41.7 Å². The molecule has 5 rings (SSSR count). The van der Waals surface area contributed by atoms with Crippen molar-refractivity contribution < 1.29 is 9.47 Å². The van der Waals surface area contributed by atoms with Gasteiger partial charge in [-0.05, 0) is 13.1 Å². The lowest BCUT2D eigenvalue weighted by atomic mass is 10.2. The van der Waals surface area contributed by atoms with Gasteiger partial charge in [0.1, 0.15) is 6.61 Å². The van der Waals surface area contributed by atoms with E-state index in [1.807, 2.05) is 13.2 Å². The quantitative estimate of drug-likeness (QED) is 0.423. The standard InChI is InChI=1S/C24H33N9O3/c1-29-5-7-31(8-6-29)9-11-35-20-14-25-24(26-15-20)32-10-12-36-21(17-32)18-33-23(34)4-3-22(28-33)19-13-27-30(2)16-19/h3-4,13-16,21H,5-12,17-18H2,1-2H3. The van der Waals surface area contributed by atoms with Gasteiger partial charge in [-0.3, -0.25) is 14.4 Å². The van der Waals surface area contributed by atoms with Crippen LogP contribution in [0.3, 0.4) is 0 Å². The minimum absolute atomic E-state index is 0.169. The predicted molar refractivity (Wildman–Crippen MR) is 134 cm³/mol. The maximum Gasteiger partial charge on any atom is 0.266 e. The Labute approximate surface area is 210 Å². The van der Waals surface area contributed by atoms with Crippen LogP contribution >= 0.6 is 0 Å². The van der Waals surface area contributed by atoms with E-state index in [9.17, 15) is 4.79 Å². The fourth-order valence-electron chi connectivity index (χ4n) is 4.40. The normalized spacial score (nSPS) is 19.5. The molecule has 12 nitrogen and oxygen atoms in total. The van der Waals surface area contributed by atoms with E-state index in [-0.39, 0.29) is 11.7 Å². The summed E-state index contributed by atoms with van der Waals surface area (Å²) in [6.07, 6.45) is 6.83. The molecule has 0 amide bonds. The van der Waals surface area contributed by atoms with Gasteiger partial charge < -0.3 is 19.3 Å². The first kappa shape index (κ1) is 24.3. The Balaban J connectivity index is 1.15. The zero-order valence-corrected chi connectivity index (χ0v) is 20.9. The minimum Gasteiger partial charge on any atom is -0.489 e. The summed E-state index contributed by atoms with van der Waals surface area (Å²) in [7, 11) is 4.00. The topological polar surface area (TPSA) is 107 Å². The molecule has 5 heterocycles. The lowest BCUT2D eigenvalue weighted by Gasteiger charge is -2.33. The van der Waals surface area contributed by atoms with E-state index < -0.39 is 0 Å². The fourth-order valence-corrected chi connectivity index (χ4v) is 4.40. The molecule has 2 fully saturated rings. The lowest BCUT2D eigenvalue weighted by molar-refractivity contribution is 0.0260. The van der Waals surface area contributed by atoms with E-state index in [4.69, 9.17) is 9.47 Å². The zero-order chi connectivity index (χ0) is 24.9. The van der Waals surface area contributed by atoms with Crippen LogP contribution in [-0.4, -0.2) is 112 Å². The molecule has 12 heteroatoms. The second-order valence-electron chi connectivity index (χ2n) is 9.29. The summed E-state index contributed by atoms with van der Waals surface area (Å²) in [5.41, 5.74) is 1.39. The predicted octanol–water partition coefficient (Wildman–Crippen LogP) is -0.0346. The Morgan fingerprint density at radius 1 is 1.06 bits per heavy atom. The highest BCUT2D eigenvalue weighted by Crippen LogP contribution is 2.17. The van der Waals surface area contributed by atoms with Crippen molar-refractivity contribution in [2.75, 3.05) is 71.0 Å². The highest BCUT2D eigenvalue weighted by molar-refractivity contribution is 5.55. The Bertz CT molecular complexity index is 1190. The molecule has 1 atom stereocenters. The van der Waals surface area contributed by atoms with E-state index in [0.29, 0.717) is 50.2 Å². The Kier molecular flexibility index (Phi) is 7.54. The summed E-state index contributed by atoms with van der Waals surface area (Å²) < 4.78 is 15.0. The summed E-state index contributed by atoms with van der Waals surface area (Å²) in [4.78, 5) is 28.3. The zero-order valence-electron chi connectivity index (χ0n) is 20.9. The average molecular weight is 496 g/mol. The molecule has 0 saturated carbocycles. The van der Waals surface area contributed by atoms with Crippen LogP contribution in [-0.2, 0) is 18.3 Å². The number of aromatic nitrogens is 6. The molecular weight excluding hydrogens is 462 g/mol. The molecule has 2 aliphatic heterocycles. The van der Waals surface area contributed by atoms with Crippen LogP contribution in [0.1, 0.15) is 0 Å². The van der Waals surface area contributed by atoms with Crippen LogP contribution in [0.25, 0.3) is 11.3 Å². The van der Waals surface area contributed by atoms with Gasteiger partial charge in [0.15, 0.2) is 5.75 Å². The largest absolute Gasteiger partial charge is 0.489 e. The number of hydrogen-bond acceptors (Lipinski definition) is 10. The van der Waals surface area contributed by atoms with E-state index in [2.05, 4.69) is 41.9 Å². The molecule has 0 spiro atoms. The van der Waals surface area contributed by atoms with Crippen molar-refractivity contribution in [1.82, 2.24) is 39.3 Å². The minimum atomic E-state index is -0.212. The first-order chi connectivity index (χ1) is 17.5. The van der Waals surface area contributed by atoms with Crippen molar-refractivity contribution in [3.05, 3.63) is 47.3 Å². The monoisotopic (exact) mass is 495 g/mol. The van der Waals surface area contributed by atoms with E-state index in [1.165, 1.54) is 10.7 Å². The number of aryl methyl sites for hydroxylation is 1. The number of hydrogen-bond donors (Lipinski definition) is 0. The van der Waals surface area contributed by atoms with Crippen molar-refractivity contribution >= 4 is 5.95 Å². The summed E-state index contributed by atoms with van der Waals surface area (Å²) in [6, 6.07) is 3.24. The van der Waals surface area contributed by atoms with Crippen LogP contribution < -0.4 is 15.2 Å². The van der Waals surface area contributed by atoms with Gasteiger partial charge in [0.2, 0.25) is 5.95 Å². The molecule has 0 bridgehead atoms. The van der Waals surface area contributed by atoms with Crippen molar-refractivity contribution in [2.45, 2.75) is 12.6 Å². The SMILES string of the molecule is CN1CCN(CCOc2cnc(N3CCOC(Cn4nc(-c5cnn(C)c5)ccc4=O)C3)nc2)CC1. The van der Waals surface area contributed by atoms with E-state index in [0.717, 1.165) is 38.3 Å². The molecular formula is C24H33N9O3. The first-order valence-corrected chi connectivity index (χ1v) is 12.3. The second-order valence-corrected chi connectivity index (χ2v) is 9.29. The van der Waals surface area contributed by atoms with Crippen LogP contribution in [0.2, 0.25) is 0 Å². The number of ether oxygens (including phenoxy) is 2. The lowest BCUT2D eigenvalue weighted by Crippen LogP contribution is -2.46. The molecule has 36 heavy (non-hydrogen) atoms. The second kappa shape index (κ2) is 11.1. The number of nitrogens with zero attached hydrogens (tertiary/aromatic N) is 9. The summed E-state index contributed by atoms with van der Waals surface area (Å²) >= 11 is 0. The number of rotatable bonds is 8. The van der Waals surface area contributed by atoms with Gasteiger partial charge in [-0.25, -0.2) is 14.6 Å². The van der Waals surface area contributed by atoms with Crippen LogP contribution in [0, 0.1) is 0 Å². The fraction of sp³-hybridized carbons (Fsp3) is 0.542. The molecule has 2 saturated heterocycles. The molecule has 0 aromatic carbocycles. The third-order valence-electron chi connectivity index (χ3n) is 6.55. The number of likely N-dealkylation sites (N-methyl/N-ethyl adjacent to an activating group) is 1. The number of morpholine rings is 1. The number of anilines is 1. The molecule has 3 aromatic rings. The van der Waals surface area contributed by atoms with Gasteiger partial charge in [0.05, 0.1) is 43.5 Å². The molecule has 0 aliphatic carbocycles. The molecule has 0 radical (unpaired) electrons. The van der Waals surface area contributed by atoms with Crippen molar-refractivity contribution in [2.24, 2.45) is 7.05 Å². The Morgan fingerprint density at radius 3 is 2.61 bits per heavy atom. The highest BCUT2D eigenvalue weighted by atomic mass is 16.5. The van der Waals surface area contributed by atoms with Crippen LogP contribution in [0.4, 0.5) is 5.95 Å². The van der Waals surface area contributed by atoms with E-state index >= 15 is 0 Å². The molecule has 192 valence electrons. The summed E-state index contributed by atoms with van der Waals surface area (Å²) in [6.45, 7) is 7.96. The molecule has 2 aliphatic rings. The summed E-state index contributed by atoms with van der Waals surface area (Å²) in [5.74, 6) is 1.29. The van der Waals surface area contributed by atoms with E-state index in [1.54, 1.807) is 29.3 Å². The molecule has 3 aromatic heterocycles. The van der Waals surface area contributed by atoms with Gasteiger partial charge in [0, 0.05) is 70.7 Å². The van der Waals surface area contributed by atoms with Gasteiger partial charge in [-0.1, -0.05) is 0 Å². The maximum absolute atomic E-state index is 12.4. The maximum atomic E-state index is 12.4. The van der Waals surface area contributed by atoms with Gasteiger partial charge >= 0.3 is 0 Å². The summed E-state index contributed by atoms with van der Waals surface area (Å²) in [5, 5.41) is 8.71. The Morgan fingerprint density at radius 2 is 1.86 bits per heavy atom. The molecule has 0 N–H and O–H groups in total. The highest BCUT2D eigenvalue weighted by Gasteiger charge is 2.24. The average Bonchev–Trinajstić information content (AvgIpc) is 3.33. The van der Waals surface area contributed by atoms with Crippen LogP contribution in [0.5, 0.6) is 5.75 Å². The van der Waals surface area contributed by atoms with Gasteiger partial charge in [-0.15, -0.1) is 0 Å². The smallest absolute Gasteiger partial charge is 0.266 e. The van der Waals surface area contributed by atoms with Crippen molar-refractivity contribution in [3.63, 3.8) is 0 Å². The third-order valence-corrected chi connectivity index (χ3v) is 6.55. The molecule has 1 unspecified atom stereocenters. The van der Waals surface area contributed by atoms with Gasteiger partial charge in [0.25, 0.3) is 5.56 Å². The third kappa shape index (κ3) is 6.07. The number of piperazine rings is 1. The first-order valence-electron chi connectivity index (χ1n) is 12.3. The Hall–Kier alpha value is -3.35. The van der Waals surface area contributed by atoms with Gasteiger partial charge in [-0.2, -0.15) is 10.2 Å². The van der Waals surface area contributed by atoms with Crippen molar-refractivity contribution in [3.8, 4) is 17.0 Å².